The van der Waals surface area contributed by atoms with Crippen molar-refractivity contribution < 1.29 is 9.90 Å². The second kappa shape index (κ2) is 4.57. The molecule has 3 nitrogen and oxygen atoms in total. The Labute approximate surface area is 106 Å². The molecule has 0 aliphatic carbocycles. The quantitative estimate of drug-likeness (QED) is 0.881. The van der Waals surface area contributed by atoms with Crippen LogP contribution in [0.4, 0.5) is 5.69 Å². The lowest BCUT2D eigenvalue weighted by molar-refractivity contribution is -0.141. The number of carboxylic acid groups (broad SMARTS) is 1. The molecule has 1 fully saturated rings. The van der Waals surface area contributed by atoms with Gasteiger partial charge in [0.15, 0.2) is 0 Å². The third-order valence-corrected chi connectivity index (χ3v) is 4.03. The van der Waals surface area contributed by atoms with Crippen LogP contribution in [0, 0.1) is 12.8 Å². The van der Waals surface area contributed by atoms with Gasteiger partial charge in [-0.15, -0.1) is 0 Å². The lowest BCUT2D eigenvalue weighted by Crippen LogP contribution is -2.33. The molecule has 1 N–H and O–H groups in total. The van der Waals surface area contributed by atoms with E-state index in [0.29, 0.717) is 6.42 Å². The van der Waals surface area contributed by atoms with Gasteiger partial charge >= 0.3 is 5.97 Å². The Morgan fingerprint density at radius 1 is 1.53 bits per heavy atom. The first-order valence-electron chi connectivity index (χ1n) is 5.77. The van der Waals surface area contributed by atoms with Crippen LogP contribution >= 0.6 is 11.6 Å². The van der Waals surface area contributed by atoms with Gasteiger partial charge in [-0.05, 0) is 38.0 Å². The van der Waals surface area contributed by atoms with Gasteiger partial charge in [0.05, 0.1) is 5.92 Å². The molecule has 0 radical (unpaired) electrons. The Bertz CT molecular complexity index is 447. The van der Waals surface area contributed by atoms with Crippen LogP contribution in [0.25, 0.3) is 0 Å². The smallest absolute Gasteiger partial charge is 0.308 e. The molecule has 0 amide bonds. The van der Waals surface area contributed by atoms with Gasteiger partial charge in [-0.2, -0.15) is 0 Å². The number of nitrogens with zero attached hydrogens (tertiary/aromatic N) is 1. The molecular formula is C13H16ClNO2. The van der Waals surface area contributed by atoms with Gasteiger partial charge in [-0.25, -0.2) is 0 Å². The van der Waals surface area contributed by atoms with Gasteiger partial charge in [0.2, 0.25) is 0 Å². The molecule has 1 aromatic rings. The molecule has 92 valence electrons. The maximum Gasteiger partial charge on any atom is 0.308 e. The summed E-state index contributed by atoms with van der Waals surface area (Å²) in [7, 11) is 0. The minimum atomic E-state index is -0.709. The van der Waals surface area contributed by atoms with Crippen molar-refractivity contribution in [1.29, 1.82) is 0 Å². The van der Waals surface area contributed by atoms with E-state index in [1.807, 2.05) is 32.0 Å². The Kier molecular flexibility index (Phi) is 3.29. The molecule has 1 aliphatic rings. The van der Waals surface area contributed by atoms with Gasteiger partial charge in [-0.3, -0.25) is 4.79 Å². The number of aliphatic carboxylic acids is 1. The number of halogens is 1. The van der Waals surface area contributed by atoms with Crippen LogP contribution in [0.5, 0.6) is 0 Å². The van der Waals surface area contributed by atoms with Crippen molar-refractivity contribution in [3.05, 3.63) is 28.8 Å². The van der Waals surface area contributed by atoms with Crippen LogP contribution in [0.2, 0.25) is 5.02 Å². The van der Waals surface area contributed by atoms with E-state index in [4.69, 9.17) is 16.7 Å². The van der Waals surface area contributed by atoms with Crippen LogP contribution in [0.1, 0.15) is 18.9 Å². The first kappa shape index (κ1) is 12.2. The zero-order valence-corrected chi connectivity index (χ0v) is 10.7. The third kappa shape index (κ3) is 2.12. The van der Waals surface area contributed by atoms with E-state index in [1.54, 1.807) is 0 Å². The van der Waals surface area contributed by atoms with Gasteiger partial charge in [0.1, 0.15) is 0 Å². The molecular weight excluding hydrogens is 238 g/mol. The van der Waals surface area contributed by atoms with Crippen molar-refractivity contribution in [2.75, 3.05) is 11.4 Å². The molecule has 1 saturated heterocycles. The molecule has 0 spiro atoms. The van der Waals surface area contributed by atoms with Crippen molar-refractivity contribution in [3.8, 4) is 0 Å². The van der Waals surface area contributed by atoms with Gasteiger partial charge in [-0.1, -0.05) is 17.7 Å². The monoisotopic (exact) mass is 253 g/mol. The molecule has 2 rings (SSSR count). The zero-order chi connectivity index (χ0) is 12.6. The standard InChI is InChI=1S/C13H16ClNO2/c1-8-11(14)4-3-5-12(8)15-7-6-10(9(15)2)13(16)17/h3-5,9-10H,6-7H2,1-2H3,(H,16,17). The summed E-state index contributed by atoms with van der Waals surface area (Å²) in [6.45, 7) is 4.71. The maximum absolute atomic E-state index is 11.1. The summed E-state index contributed by atoms with van der Waals surface area (Å²) in [5, 5.41) is 9.85. The molecule has 1 aromatic carbocycles. The van der Waals surface area contributed by atoms with Gasteiger partial charge in [0.25, 0.3) is 0 Å². The highest BCUT2D eigenvalue weighted by Gasteiger charge is 2.36. The van der Waals surface area contributed by atoms with Gasteiger partial charge < -0.3 is 10.0 Å². The largest absolute Gasteiger partial charge is 0.481 e. The summed E-state index contributed by atoms with van der Waals surface area (Å²) in [6, 6.07) is 5.79. The predicted octanol–water partition coefficient (Wildman–Crippen LogP) is 2.95. The van der Waals surface area contributed by atoms with E-state index >= 15 is 0 Å². The number of hydrogen-bond donors (Lipinski definition) is 1. The summed E-state index contributed by atoms with van der Waals surface area (Å²) in [5.41, 5.74) is 2.07. The Balaban J connectivity index is 2.30. The summed E-state index contributed by atoms with van der Waals surface area (Å²) in [6.07, 6.45) is 0.697. The highest BCUT2D eigenvalue weighted by Crippen LogP contribution is 2.34. The van der Waals surface area contributed by atoms with Crippen LogP contribution in [0.3, 0.4) is 0 Å². The van der Waals surface area contributed by atoms with Crippen LogP contribution in [0.15, 0.2) is 18.2 Å². The fourth-order valence-electron chi connectivity index (χ4n) is 2.52. The minimum Gasteiger partial charge on any atom is -0.481 e. The van der Waals surface area contributed by atoms with Crippen molar-refractivity contribution in [1.82, 2.24) is 0 Å². The van der Waals surface area contributed by atoms with E-state index in [2.05, 4.69) is 4.90 Å². The fourth-order valence-corrected chi connectivity index (χ4v) is 2.69. The van der Waals surface area contributed by atoms with Crippen LogP contribution in [-0.4, -0.2) is 23.7 Å². The molecule has 2 unspecified atom stereocenters. The SMILES string of the molecule is Cc1c(Cl)cccc1N1CCC(C(=O)O)C1C. The Morgan fingerprint density at radius 2 is 2.24 bits per heavy atom. The van der Waals surface area contributed by atoms with E-state index in [1.165, 1.54) is 0 Å². The highest BCUT2D eigenvalue weighted by molar-refractivity contribution is 6.31. The highest BCUT2D eigenvalue weighted by atomic mass is 35.5. The van der Waals surface area contributed by atoms with E-state index in [9.17, 15) is 4.79 Å². The van der Waals surface area contributed by atoms with E-state index in [0.717, 1.165) is 22.8 Å². The normalized spacial score (nSPS) is 24.1. The average molecular weight is 254 g/mol. The summed E-state index contributed by atoms with van der Waals surface area (Å²) >= 11 is 6.10. The summed E-state index contributed by atoms with van der Waals surface area (Å²) < 4.78 is 0. The molecule has 1 heterocycles. The van der Waals surface area contributed by atoms with Crippen molar-refractivity contribution >= 4 is 23.3 Å². The summed E-state index contributed by atoms with van der Waals surface area (Å²) in [5.74, 6) is -0.993. The lowest BCUT2D eigenvalue weighted by atomic mass is 10.0. The van der Waals surface area contributed by atoms with E-state index in [-0.39, 0.29) is 12.0 Å². The van der Waals surface area contributed by atoms with Crippen molar-refractivity contribution in [2.24, 2.45) is 5.92 Å². The second-order valence-electron chi connectivity index (χ2n) is 4.55. The number of carbonyl (C=O) groups is 1. The average Bonchev–Trinajstić information content (AvgIpc) is 2.64. The summed E-state index contributed by atoms with van der Waals surface area (Å²) in [4.78, 5) is 13.2. The predicted molar refractivity (Wildman–Crippen MR) is 68.7 cm³/mol. The first-order chi connectivity index (χ1) is 8.02. The molecule has 1 aliphatic heterocycles. The van der Waals surface area contributed by atoms with Crippen molar-refractivity contribution in [3.63, 3.8) is 0 Å². The zero-order valence-electron chi connectivity index (χ0n) is 9.98. The third-order valence-electron chi connectivity index (χ3n) is 3.62. The van der Waals surface area contributed by atoms with Crippen molar-refractivity contribution in [2.45, 2.75) is 26.3 Å². The second-order valence-corrected chi connectivity index (χ2v) is 4.96. The number of anilines is 1. The molecule has 0 bridgehead atoms. The number of hydrogen-bond acceptors (Lipinski definition) is 2. The minimum absolute atomic E-state index is 0.0182. The molecule has 0 saturated carbocycles. The topological polar surface area (TPSA) is 40.5 Å². The fraction of sp³-hybridized carbons (Fsp3) is 0.462. The van der Waals surface area contributed by atoms with E-state index < -0.39 is 5.97 Å². The van der Waals surface area contributed by atoms with Gasteiger partial charge in [0, 0.05) is 23.3 Å². The number of carboxylic acids is 1. The lowest BCUT2D eigenvalue weighted by Gasteiger charge is -2.27. The molecule has 17 heavy (non-hydrogen) atoms. The molecule has 2 atom stereocenters. The van der Waals surface area contributed by atoms with Crippen LogP contribution in [-0.2, 0) is 4.79 Å². The maximum atomic E-state index is 11.1. The Hall–Kier alpha value is -1.22. The number of rotatable bonds is 2. The number of benzene rings is 1. The molecule has 0 aromatic heterocycles. The Morgan fingerprint density at radius 3 is 2.82 bits per heavy atom. The van der Waals surface area contributed by atoms with Crippen LogP contribution < -0.4 is 4.90 Å². The molecule has 4 heteroatoms. The first-order valence-corrected chi connectivity index (χ1v) is 6.14.